The number of aliphatic hydroxyl groups excluding tert-OH is 1. The molecule has 13 heteroatoms. The average Bonchev–Trinajstić information content (AvgIpc) is 3.06. The smallest absolute Gasteiger partial charge is 0.388 e. The summed E-state index contributed by atoms with van der Waals surface area (Å²) in [5.74, 6) is -3.36. The number of halogens is 6. The maximum absolute atomic E-state index is 17.2. The number of anilines is 1. The van der Waals surface area contributed by atoms with Crippen molar-refractivity contribution in [1.29, 1.82) is 0 Å². The Bertz CT molecular complexity index is 1690. The molecule has 270 valence electrons. The van der Waals surface area contributed by atoms with Gasteiger partial charge in [-0.2, -0.15) is 13.2 Å². The molecular formula is C37H43F6N5O2. The number of rotatable bonds is 6. The van der Waals surface area contributed by atoms with Crippen molar-refractivity contribution in [1.82, 2.24) is 19.9 Å². The number of carbonyl (C=O) groups is 1. The molecule has 0 bridgehead atoms. The molecule has 1 saturated carbocycles. The van der Waals surface area contributed by atoms with Crippen LogP contribution in [0, 0.1) is 5.41 Å². The molecule has 0 spiro atoms. The number of fused-ring (bicyclic) bond motifs is 1. The van der Waals surface area contributed by atoms with Crippen LogP contribution in [0.5, 0.6) is 0 Å². The van der Waals surface area contributed by atoms with E-state index in [4.69, 9.17) is 4.98 Å². The first kappa shape index (κ1) is 36.1. The molecule has 6 rings (SSSR count). The molecule has 1 unspecified atom stereocenters. The highest BCUT2D eigenvalue weighted by atomic mass is 19.4. The number of pyridine rings is 1. The third-order valence-electron chi connectivity index (χ3n) is 10.5. The summed E-state index contributed by atoms with van der Waals surface area (Å²) in [5.41, 5.74) is 1.43. The zero-order valence-corrected chi connectivity index (χ0v) is 28.7. The summed E-state index contributed by atoms with van der Waals surface area (Å²) in [6, 6.07) is 3.95. The number of hydrogen-bond acceptors (Lipinski definition) is 6. The highest BCUT2D eigenvalue weighted by Gasteiger charge is 2.44. The summed E-state index contributed by atoms with van der Waals surface area (Å²) in [6.07, 6.45) is -3.17. The van der Waals surface area contributed by atoms with Crippen molar-refractivity contribution in [3.05, 3.63) is 81.4 Å². The average molecular weight is 704 g/mol. The van der Waals surface area contributed by atoms with Crippen molar-refractivity contribution < 1.29 is 36.2 Å². The summed E-state index contributed by atoms with van der Waals surface area (Å²) in [4.78, 5) is 29.6. The Hall–Kier alpha value is -3.74. The van der Waals surface area contributed by atoms with Gasteiger partial charge < -0.3 is 14.9 Å². The van der Waals surface area contributed by atoms with E-state index in [1.165, 1.54) is 17.3 Å². The van der Waals surface area contributed by atoms with E-state index in [-0.39, 0.29) is 54.1 Å². The van der Waals surface area contributed by atoms with Gasteiger partial charge in [-0.05, 0) is 73.1 Å². The van der Waals surface area contributed by atoms with Gasteiger partial charge in [0.15, 0.2) is 6.17 Å². The van der Waals surface area contributed by atoms with E-state index < -0.39 is 35.9 Å². The third kappa shape index (κ3) is 7.34. The lowest BCUT2D eigenvalue weighted by atomic mass is 9.68. The fourth-order valence-corrected chi connectivity index (χ4v) is 7.92. The van der Waals surface area contributed by atoms with Crippen molar-refractivity contribution in [3.63, 3.8) is 0 Å². The topological polar surface area (TPSA) is 82.5 Å². The number of benzene rings is 1. The molecule has 1 aliphatic heterocycles. The highest BCUT2D eigenvalue weighted by Crippen LogP contribution is 2.52. The zero-order valence-electron chi connectivity index (χ0n) is 28.7. The molecule has 7 nitrogen and oxygen atoms in total. The lowest BCUT2D eigenvalue weighted by molar-refractivity contribution is -0.137. The van der Waals surface area contributed by atoms with Crippen LogP contribution in [-0.2, 0) is 12.6 Å². The number of amides is 1. The predicted octanol–water partition coefficient (Wildman–Crippen LogP) is 8.33. The maximum Gasteiger partial charge on any atom is 0.416 e. The van der Waals surface area contributed by atoms with Crippen LogP contribution < -0.4 is 4.90 Å². The minimum absolute atomic E-state index is 0.00668. The molecule has 50 heavy (non-hydrogen) atoms. The van der Waals surface area contributed by atoms with Crippen LogP contribution in [0.2, 0.25) is 0 Å². The summed E-state index contributed by atoms with van der Waals surface area (Å²) in [5, 5.41) is 11.6. The minimum Gasteiger partial charge on any atom is -0.388 e. The largest absolute Gasteiger partial charge is 0.416 e. The standard InChI is InChI=1S/C37H43F6N5O2/c1-35(2)17-26-29(27(49)18-35)28(21-9-13-36(39,40)14-10-21)30(31(38)22-5-7-25(8-6-22)37(41,42)43)32(46-26)23-11-15-48(16-12-23)34-44-19-24(20-45-34)33(50)47(3)4/h5-8,19-21,23,27,31,49H,9-18H2,1-4H3/t27-,31?/m0/s1. The number of aromatic nitrogens is 3. The Morgan fingerprint density at radius 3 is 2.12 bits per heavy atom. The second-order valence-electron chi connectivity index (χ2n) is 15.1. The van der Waals surface area contributed by atoms with Crippen LogP contribution >= 0.6 is 0 Å². The molecule has 0 radical (unpaired) electrons. The summed E-state index contributed by atoms with van der Waals surface area (Å²) in [6.45, 7) is 5.01. The second-order valence-corrected chi connectivity index (χ2v) is 15.1. The van der Waals surface area contributed by atoms with E-state index in [2.05, 4.69) is 9.97 Å². The molecule has 3 aromatic rings. The van der Waals surface area contributed by atoms with Crippen LogP contribution in [0.4, 0.5) is 32.3 Å². The lowest BCUT2D eigenvalue weighted by Gasteiger charge is -2.41. The molecular weight excluding hydrogens is 660 g/mol. The molecule has 2 atom stereocenters. The van der Waals surface area contributed by atoms with Gasteiger partial charge in [-0.25, -0.2) is 23.1 Å². The number of hydrogen-bond donors (Lipinski definition) is 1. The first-order valence-electron chi connectivity index (χ1n) is 17.2. The number of piperidine rings is 1. The number of nitrogens with zero attached hydrogens (tertiary/aromatic N) is 5. The summed E-state index contributed by atoms with van der Waals surface area (Å²) >= 11 is 0. The molecule has 1 saturated heterocycles. The Labute approximate surface area is 288 Å². The molecule has 3 aliphatic rings. The monoisotopic (exact) mass is 703 g/mol. The van der Waals surface area contributed by atoms with E-state index in [9.17, 15) is 31.9 Å². The van der Waals surface area contributed by atoms with Gasteiger partial charge >= 0.3 is 6.18 Å². The molecule has 2 fully saturated rings. The number of aliphatic hydroxyl groups is 1. The van der Waals surface area contributed by atoms with Gasteiger partial charge in [-0.1, -0.05) is 26.0 Å². The van der Waals surface area contributed by atoms with Gasteiger partial charge in [0.1, 0.15) is 0 Å². The van der Waals surface area contributed by atoms with Crippen molar-refractivity contribution in [2.24, 2.45) is 5.41 Å². The van der Waals surface area contributed by atoms with E-state index in [1.54, 1.807) is 14.1 Å². The number of alkyl halides is 6. The first-order chi connectivity index (χ1) is 23.4. The van der Waals surface area contributed by atoms with Crippen molar-refractivity contribution in [3.8, 4) is 0 Å². The van der Waals surface area contributed by atoms with Crippen LogP contribution in [0.25, 0.3) is 0 Å². The Kier molecular flexibility index (Phi) is 9.68. The van der Waals surface area contributed by atoms with E-state index >= 15 is 4.39 Å². The van der Waals surface area contributed by atoms with Crippen molar-refractivity contribution >= 4 is 11.9 Å². The Morgan fingerprint density at radius 2 is 1.56 bits per heavy atom. The fraction of sp³-hybridized carbons (Fsp3) is 0.568. The van der Waals surface area contributed by atoms with Crippen molar-refractivity contribution in [2.45, 2.75) is 101 Å². The van der Waals surface area contributed by atoms with Gasteiger partial charge in [-0.15, -0.1) is 0 Å². The third-order valence-corrected chi connectivity index (χ3v) is 10.5. The summed E-state index contributed by atoms with van der Waals surface area (Å²) in [7, 11) is 3.28. The van der Waals surface area contributed by atoms with Crippen molar-refractivity contribution in [2.75, 3.05) is 32.1 Å². The molecule has 2 aromatic heterocycles. The zero-order chi connectivity index (χ0) is 36.2. The first-order valence-corrected chi connectivity index (χ1v) is 17.2. The lowest BCUT2D eigenvalue weighted by Crippen LogP contribution is -2.36. The van der Waals surface area contributed by atoms with E-state index in [0.717, 1.165) is 24.3 Å². The summed E-state index contributed by atoms with van der Waals surface area (Å²) < 4.78 is 86.4. The van der Waals surface area contributed by atoms with Crippen LogP contribution in [0.3, 0.4) is 0 Å². The second kappa shape index (κ2) is 13.4. The van der Waals surface area contributed by atoms with Gasteiger partial charge in [0, 0.05) is 75.2 Å². The van der Waals surface area contributed by atoms with Gasteiger partial charge in [0.25, 0.3) is 5.91 Å². The maximum atomic E-state index is 17.2. The highest BCUT2D eigenvalue weighted by molar-refractivity contribution is 5.93. The molecule has 1 amide bonds. The van der Waals surface area contributed by atoms with Crippen LogP contribution in [-0.4, -0.2) is 64.0 Å². The van der Waals surface area contributed by atoms with Crippen LogP contribution in [0.1, 0.15) is 132 Å². The normalized spacial score (nSPS) is 21.8. The predicted molar refractivity (Wildman–Crippen MR) is 176 cm³/mol. The Morgan fingerprint density at radius 1 is 0.960 bits per heavy atom. The van der Waals surface area contributed by atoms with E-state index in [0.29, 0.717) is 72.8 Å². The van der Waals surface area contributed by atoms with E-state index in [1.807, 2.05) is 18.7 Å². The molecule has 1 aromatic carbocycles. The quantitative estimate of drug-likeness (QED) is 0.260. The molecule has 3 heterocycles. The van der Waals surface area contributed by atoms with Crippen LogP contribution in [0.15, 0.2) is 36.7 Å². The van der Waals surface area contributed by atoms with Gasteiger partial charge in [0.2, 0.25) is 11.9 Å². The SMILES string of the molecule is CN(C)C(=O)c1cnc(N2CCC(c3nc4c(c(C5CCC(F)(F)CC5)c3C(F)c3ccc(C(F)(F)F)cc3)[C@@H](O)CC(C)(C)C4)CC2)nc1. The fourth-order valence-electron chi connectivity index (χ4n) is 7.92. The number of carbonyl (C=O) groups excluding carboxylic acids is 1. The molecule has 1 N–H and O–H groups in total. The minimum atomic E-state index is -4.60. The van der Waals surface area contributed by atoms with Gasteiger partial charge in [0.05, 0.1) is 22.9 Å². The Balaban J connectivity index is 1.42. The van der Waals surface area contributed by atoms with Gasteiger partial charge in [-0.3, -0.25) is 9.78 Å². The molecule has 2 aliphatic carbocycles.